The number of hydrogen-bond acceptors (Lipinski definition) is 3. The number of carbonyl (C=O) groups is 2. The molecule has 5 nitrogen and oxygen atoms in total. The van der Waals surface area contributed by atoms with Crippen molar-refractivity contribution in [3.8, 4) is 0 Å². The minimum atomic E-state index is -0.409. The van der Waals surface area contributed by atoms with E-state index >= 15 is 0 Å². The first-order valence-corrected chi connectivity index (χ1v) is 7.33. The Bertz CT molecular complexity index is 345. The fourth-order valence-corrected chi connectivity index (χ4v) is 3.37. The number of amides is 2. The molecule has 2 rings (SSSR count). The summed E-state index contributed by atoms with van der Waals surface area (Å²) < 4.78 is 0. The molecule has 0 aromatic carbocycles. The molecule has 0 spiro atoms. The molecular formula is C14H25N3O2. The molecule has 1 aliphatic heterocycles. The lowest BCUT2D eigenvalue weighted by Gasteiger charge is -2.38. The second kappa shape index (κ2) is 5.90. The SMILES string of the molecule is CC1(C(=O)N(CC(N)=O)C2CCNCC2)CCCC1. The molecule has 1 saturated heterocycles. The van der Waals surface area contributed by atoms with Crippen LogP contribution in [0.3, 0.4) is 0 Å². The van der Waals surface area contributed by atoms with E-state index in [1.807, 2.05) is 6.92 Å². The zero-order valence-electron chi connectivity index (χ0n) is 11.8. The topological polar surface area (TPSA) is 75.4 Å². The fraction of sp³-hybridized carbons (Fsp3) is 0.857. The summed E-state index contributed by atoms with van der Waals surface area (Å²) in [4.78, 5) is 25.8. The minimum Gasteiger partial charge on any atom is -0.368 e. The van der Waals surface area contributed by atoms with Gasteiger partial charge in [-0.3, -0.25) is 9.59 Å². The van der Waals surface area contributed by atoms with Gasteiger partial charge in [0.2, 0.25) is 11.8 Å². The molecule has 0 radical (unpaired) electrons. The number of carbonyl (C=O) groups excluding carboxylic acids is 2. The number of nitrogens with zero attached hydrogens (tertiary/aromatic N) is 1. The molecule has 3 N–H and O–H groups in total. The Kier molecular flexibility index (Phi) is 4.45. The van der Waals surface area contributed by atoms with Crippen LogP contribution in [0, 0.1) is 5.41 Å². The Hall–Kier alpha value is -1.10. The third-order valence-corrected chi connectivity index (χ3v) is 4.56. The standard InChI is InChI=1S/C14H25N3O2/c1-14(6-2-3-7-14)13(19)17(10-12(15)18)11-4-8-16-9-5-11/h11,16H,2-10H2,1H3,(H2,15,18). The lowest BCUT2D eigenvalue weighted by Crippen LogP contribution is -2.53. The molecule has 0 atom stereocenters. The van der Waals surface area contributed by atoms with E-state index in [0.29, 0.717) is 0 Å². The van der Waals surface area contributed by atoms with Crippen molar-refractivity contribution in [2.75, 3.05) is 19.6 Å². The van der Waals surface area contributed by atoms with E-state index < -0.39 is 5.91 Å². The molecule has 0 aromatic heterocycles. The molecular weight excluding hydrogens is 242 g/mol. The highest BCUT2D eigenvalue weighted by molar-refractivity contribution is 5.87. The van der Waals surface area contributed by atoms with Gasteiger partial charge in [-0.2, -0.15) is 0 Å². The highest BCUT2D eigenvalue weighted by Crippen LogP contribution is 2.39. The van der Waals surface area contributed by atoms with Crippen molar-refractivity contribution in [3.63, 3.8) is 0 Å². The first-order chi connectivity index (χ1) is 9.03. The second-order valence-electron chi connectivity index (χ2n) is 6.15. The molecule has 2 fully saturated rings. The zero-order valence-corrected chi connectivity index (χ0v) is 11.8. The van der Waals surface area contributed by atoms with E-state index in [2.05, 4.69) is 5.32 Å². The van der Waals surface area contributed by atoms with Gasteiger partial charge in [0.1, 0.15) is 0 Å². The van der Waals surface area contributed by atoms with Gasteiger partial charge < -0.3 is 16.0 Å². The summed E-state index contributed by atoms with van der Waals surface area (Å²) in [5, 5.41) is 3.29. The third kappa shape index (κ3) is 3.26. The van der Waals surface area contributed by atoms with Crippen molar-refractivity contribution in [3.05, 3.63) is 0 Å². The smallest absolute Gasteiger partial charge is 0.237 e. The molecule has 0 aromatic rings. The molecule has 5 heteroatoms. The minimum absolute atomic E-state index is 0.0685. The van der Waals surface area contributed by atoms with Crippen LogP contribution in [0.2, 0.25) is 0 Å². The van der Waals surface area contributed by atoms with Crippen molar-refractivity contribution in [2.45, 2.75) is 51.5 Å². The first kappa shape index (κ1) is 14.3. The molecule has 1 heterocycles. The Labute approximate surface area is 114 Å². The summed E-state index contributed by atoms with van der Waals surface area (Å²) >= 11 is 0. The highest BCUT2D eigenvalue weighted by Gasteiger charge is 2.41. The maximum absolute atomic E-state index is 12.8. The van der Waals surface area contributed by atoms with Crippen LogP contribution < -0.4 is 11.1 Å². The van der Waals surface area contributed by atoms with Gasteiger partial charge in [0.15, 0.2) is 0 Å². The van der Waals surface area contributed by atoms with Gasteiger partial charge >= 0.3 is 0 Å². The lowest BCUT2D eigenvalue weighted by molar-refractivity contribution is -0.146. The summed E-state index contributed by atoms with van der Waals surface area (Å²) in [5.41, 5.74) is 5.05. The van der Waals surface area contributed by atoms with Gasteiger partial charge in [-0.15, -0.1) is 0 Å². The van der Waals surface area contributed by atoms with Crippen LogP contribution >= 0.6 is 0 Å². The van der Waals surface area contributed by atoms with Crippen molar-refractivity contribution >= 4 is 11.8 Å². The van der Waals surface area contributed by atoms with Crippen LogP contribution in [-0.2, 0) is 9.59 Å². The van der Waals surface area contributed by atoms with Crippen molar-refractivity contribution in [1.29, 1.82) is 0 Å². The number of piperidine rings is 1. The molecule has 1 saturated carbocycles. The van der Waals surface area contributed by atoms with Gasteiger partial charge in [0.05, 0.1) is 6.54 Å². The molecule has 0 unspecified atom stereocenters. The van der Waals surface area contributed by atoms with E-state index in [0.717, 1.165) is 51.6 Å². The van der Waals surface area contributed by atoms with E-state index in [1.54, 1.807) is 4.90 Å². The molecule has 1 aliphatic carbocycles. The van der Waals surface area contributed by atoms with Crippen LogP contribution in [0.4, 0.5) is 0 Å². The summed E-state index contributed by atoms with van der Waals surface area (Å²) in [6.07, 6.45) is 5.92. The van der Waals surface area contributed by atoms with Crippen molar-refractivity contribution in [1.82, 2.24) is 10.2 Å². The van der Waals surface area contributed by atoms with Gasteiger partial charge in [0, 0.05) is 11.5 Å². The van der Waals surface area contributed by atoms with E-state index in [9.17, 15) is 9.59 Å². The normalized spacial score (nSPS) is 23.2. The number of nitrogens with two attached hydrogens (primary N) is 1. The average Bonchev–Trinajstić information content (AvgIpc) is 2.84. The van der Waals surface area contributed by atoms with Crippen molar-refractivity contribution in [2.24, 2.45) is 11.1 Å². The van der Waals surface area contributed by atoms with Gasteiger partial charge in [-0.25, -0.2) is 0 Å². The third-order valence-electron chi connectivity index (χ3n) is 4.56. The van der Waals surface area contributed by atoms with E-state index in [-0.39, 0.29) is 23.9 Å². The van der Waals surface area contributed by atoms with Crippen LogP contribution in [0.1, 0.15) is 45.4 Å². The first-order valence-electron chi connectivity index (χ1n) is 7.33. The van der Waals surface area contributed by atoms with Crippen molar-refractivity contribution < 1.29 is 9.59 Å². The number of rotatable bonds is 4. The predicted octanol–water partition coefficient (Wildman–Crippen LogP) is 0.633. The average molecular weight is 267 g/mol. The largest absolute Gasteiger partial charge is 0.368 e. The Morgan fingerprint density at radius 1 is 1.26 bits per heavy atom. The molecule has 2 aliphatic rings. The van der Waals surface area contributed by atoms with Gasteiger partial charge in [-0.05, 0) is 38.8 Å². The monoisotopic (exact) mass is 267 g/mol. The Balaban J connectivity index is 2.11. The number of hydrogen-bond donors (Lipinski definition) is 2. The zero-order chi connectivity index (χ0) is 13.9. The lowest BCUT2D eigenvalue weighted by atomic mass is 9.86. The van der Waals surface area contributed by atoms with Crippen LogP contribution in [0.25, 0.3) is 0 Å². The van der Waals surface area contributed by atoms with Crippen LogP contribution in [-0.4, -0.2) is 42.4 Å². The van der Waals surface area contributed by atoms with Crippen LogP contribution in [0.5, 0.6) is 0 Å². The quantitative estimate of drug-likeness (QED) is 0.784. The Morgan fingerprint density at radius 2 is 1.84 bits per heavy atom. The molecule has 108 valence electrons. The molecule has 0 bridgehead atoms. The molecule has 19 heavy (non-hydrogen) atoms. The second-order valence-corrected chi connectivity index (χ2v) is 6.15. The predicted molar refractivity (Wildman–Crippen MR) is 73.4 cm³/mol. The summed E-state index contributed by atoms with van der Waals surface area (Å²) in [6, 6.07) is 0.165. The maximum Gasteiger partial charge on any atom is 0.237 e. The summed E-state index contributed by atoms with van der Waals surface area (Å²) in [6.45, 7) is 3.92. The van der Waals surface area contributed by atoms with Gasteiger partial charge in [-0.1, -0.05) is 19.8 Å². The Morgan fingerprint density at radius 3 is 2.37 bits per heavy atom. The number of primary amides is 1. The summed E-state index contributed by atoms with van der Waals surface area (Å²) in [5.74, 6) is -0.274. The highest BCUT2D eigenvalue weighted by atomic mass is 16.2. The number of nitrogens with one attached hydrogen (secondary N) is 1. The van der Waals surface area contributed by atoms with Gasteiger partial charge in [0.25, 0.3) is 0 Å². The summed E-state index contributed by atoms with van der Waals surface area (Å²) in [7, 11) is 0. The van der Waals surface area contributed by atoms with E-state index in [4.69, 9.17) is 5.73 Å². The van der Waals surface area contributed by atoms with E-state index in [1.165, 1.54) is 0 Å². The fourth-order valence-electron chi connectivity index (χ4n) is 3.37. The van der Waals surface area contributed by atoms with Crippen LogP contribution in [0.15, 0.2) is 0 Å². The maximum atomic E-state index is 12.8. The molecule has 2 amide bonds.